The van der Waals surface area contributed by atoms with Crippen LogP contribution in [0.4, 0.5) is 0 Å². The third kappa shape index (κ3) is 2.81. The van der Waals surface area contributed by atoms with Gasteiger partial charge < -0.3 is 9.84 Å². The van der Waals surface area contributed by atoms with E-state index in [2.05, 4.69) is 11.0 Å². The van der Waals surface area contributed by atoms with Crippen LogP contribution >= 0.6 is 0 Å². The fourth-order valence-corrected chi connectivity index (χ4v) is 2.29. The zero-order chi connectivity index (χ0) is 13.0. The summed E-state index contributed by atoms with van der Waals surface area (Å²) in [6.45, 7) is 4.93. The molecule has 1 fully saturated rings. The largest absolute Gasteiger partial charge is 0.508 e. The zero-order valence-electron chi connectivity index (χ0n) is 10.6. The number of phenols is 1. The molecule has 0 saturated carbocycles. The van der Waals surface area contributed by atoms with Gasteiger partial charge in [0.2, 0.25) is 0 Å². The van der Waals surface area contributed by atoms with Crippen molar-refractivity contribution < 1.29 is 9.84 Å². The molecule has 1 saturated heterocycles. The minimum Gasteiger partial charge on any atom is -0.508 e. The zero-order valence-corrected chi connectivity index (χ0v) is 10.6. The number of hydrogen-bond acceptors (Lipinski definition) is 4. The Morgan fingerprint density at radius 1 is 1.33 bits per heavy atom. The van der Waals surface area contributed by atoms with Crippen molar-refractivity contribution in [2.45, 2.75) is 18.9 Å². The van der Waals surface area contributed by atoms with Crippen LogP contribution in [0.25, 0.3) is 0 Å². The number of morpholine rings is 1. The normalized spacial score (nSPS) is 20.0. The van der Waals surface area contributed by atoms with Crippen LogP contribution in [0.3, 0.4) is 0 Å². The molecule has 4 heteroatoms. The first-order chi connectivity index (χ1) is 8.64. The molecule has 0 aromatic heterocycles. The predicted molar refractivity (Wildman–Crippen MR) is 68.2 cm³/mol. The van der Waals surface area contributed by atoms with E-state index in [4.69, 9.17) is 4.74 Å². The van der Waals surface area contributed by atoms with E-state index in [0.29, 0.717) is 19.6 Å². The van der Waals surface area contributed by atoms with Gasteiger partial charge in [0.05, 0.1) is 19.3 Å². The second-order valence-corrected chi connectivity index (χ2v) is 4.83. The van der Waals surface area contributed by atoms with Gasteiger partial charge in [0.15, 0.2) is 0 Å². The van der Waals surface area contributed by atoms with E-state index in [1.54, 1.807) is 12.1 Å². The summed E-state index contributed by atoms with van der Waals surface area (Å²) < 4.78 is 5.32. The fraction of sp³-hybridized carbons (Fsp3) is 0.500. The van der Waals surface area contributed by atoms with Crippen molar-refractivity contribution in [3.05, 3.63) is 29.8 Å². The van der Waals surface area contributed by atoms with E-state index < -0.39 is 5.54 Å². The van der Waals surface area contributed by atoms with E-state index in [0.717, 1.165) is 18.7 Å². The monoisotopic (exact) mass is 246 g/mol. The average molecular weight is 246 g/mol. The molecule has 1 aromatic rings. The van der Waals surface area contributed by atoms with E-state index in [1.165, 1.54) is 0 Å². The van der Waals surface area contributed by atoms with Gasteiger partial charge in [0.25, 0.3) is 0 Å². The van der Waals surface area contributed by atoms with Crippen LogP contribution in [0.5, 0.6) is 5.75 Å². The molecule has 0 amide bonds. The summed E-state index contributed by atoms with van der Waals surface area (Å²) >= 11 is 0. The molecule has 4 nitrogen and oxygen atoms in total. The maximum atomic E-state index is 9.47. The Morgan fingerprint density at radius 2 is 1.94 bits per heavy atom. The van der Waals surface area contributed by atoms with Crippen molar-refractivity contribution in [1.82, 2.24) is 4.90 Å². The molecule has 1 aliphatic heterocycles. The van der Waals surface area contributed by atoms with Gasteiger partial charge in [-0.1, -0.05) is 12.1 Å². The van der Waals surface area contributed by atoms with Gasteiger partial charge in [0.1, 0.15) is 11.3 Å². The first-order valence-electron chi connectivity index (χ1n) is 6.16. The van der Waals surface area contributed by atoms with E-state index >= 15 is 0 Å². The SMILES string of the molecule is CC(C#N)(Cc1ccc(O)cc1)N1CCOCC1. The summed E-state index contributed by atoms with van der Waals surface area (Å²) in [5.74, 6) is 0.254. The molecule has 0 aliphatic carbocycles. The summed E-state index contributed by atoms with van der Waals surface area (Å²) in [6, 6.07) is 9.47. The summed E-state index contributed by atoms with van der Waals surface area (Å²) in [5, 5.41) is 18.7. The van der Waals surface area contributed by atoms with E-state index in [1.807, 2.05) is 19.1 Å². The first kappa shape index (κ1) is 12.9. The lowest BCUT2D eigenvalue weighted by molar-refractivity contribution is 0.00189. The molecule has 0 spiro atoms. The Balaban J connectivity index is 2.12. The number of ether oxygens (including phenoxy) is 1. The summed E-state index contributed by atoms with van der Waals surface area (Å²) in [5.41, 5.74) is 0.546. The molecule has 96 valence electrons. The Hall–Kier alpha value is -1.57. The van der Waals surface area contributed by atoms with Gasteiger partial charge in [-0.2, -0.15) is 5.26 Å². The Labute approximate surface area is 107 Å². The quantitative estimate of drug-likeness (QED) is 0.879. The smallest absolute Gasteiger partial charge is 0.115 e. The maximum absolute atomic E-state index is 9.47. The van der Waals surface area contributed by atoms with Crippen molar-refractivity contribution in [1.29, 1.82) is 5.26 Å². The molecular weight excluding hydrogens is 228 g/mol. The average Bonchev–Trinajstić information content (AvgIpc) is 2.42. The Kier molecular flexibility index (Phi) is 3.85. The van der Waals surface area contributed by atoms with Crippen LogP contribution < -0.4 is 0 Å². The van der Waals surface area contributed by atoms with Crippen LogP contribution in [0, 0.1) is 11.3 Å². The van der Waals surface area contributed by atoms with Crippen LogP contribution in [0.1, 0.15) is 12.5 Å². The number of rotatable bonds is 3. The highest BCUT2D eigenvalue weighted by atomic mass is 16.5. The van der Waals surface area contributed by atoms with Crippen molar-refractivity contribution in [2.24, 2.45) is 0 Å². The number of nitrogens with zero attached hydrogens (tertiary/aromatic N) is 2. The topological polar surface area (TPSA) is 56.5 Å². The van der Waals surface area contributed by atoms with Crippen molar-refractivity contribution in [2.75, 3.05) is 26.3 Å². The molecule has 2 rings (SSSR count). The van der Waals surface area contributed by atoms with E-state index in [9.17, 15) is 10.4 Å². The second-order valence-electron chi connectivity index (χ2n) is 4.83. The third-order valence-corrected chi connectivity index (χ3v) is 3.43. The molecule has 0 bridgehead atoms. The molecule has 1 aliphatic rings. The number of nitriles is 1. The van der Waals surface area contributed by atoms with Crippen LogP contribution in [-0.2, 0) is 11.2 Å². The molecule has 1 heterocycles. The molecule has 1 unspecified atom stereocenters. The highest BCUT2D eigenvalue weighted by Gasteiger charge is 2.33. The highest BCUT2D eigenvalue weighted by Crippen LogP contribution is 2.22. The van der Waals surface area contributed by atoms with Crippen LogP contribution in [0.2, 0.25) is 0 Å². The summed E-state index contributed by atoms with van der Waals surface area (Å²) in [4.78, 5) is 2.17. The van der Waals surface area contributed by atoms with Crippen molar-refractivity contribution >= 4 is 0 Å². The highest BCUT2D eigenvalue weighted by molar-refractivity contribution is 5.28. The lowest BCUT2D eigenvalue weighted by atomic mass is 9.92. The van der Waals surface area contributed by atoms with Crippen LogP contribution in [0.15, 0.2) is 24.3 Å². The van der Waals surface area contributed by atoms with Gasteiger partial charge in [-0.05, 0) is 24.6 Å². The standard InChI is InChI=1S/C14H18N2O2/c1-14(11-15,16-6-8-18-9-7-16)10-12-2-4-13(17)5-3-12/h2-5,17H,6-10H2,1H3. The lowest BCUT2D eigenvalue weighted by Gasteiger charge is -2.38. The number of hydrogen-bond donors (Lipinski definition) is 1. The predicted octanol–water partition coefficient (Wildman–Crippen LogP) is 1.55. The number of phenolic OH excluding ortho intramolecular Hbond substituents is 1. The molecule has 0 radical (unpaired) electrons. The molecule has 1 atom stereocenters. The minimum atomic E-state index is -0.513. The molecule has 1 aromatic carbocycles. The molecule has 18 heavy (non-hydrogen) atoms. The summed E-state index contributed by atoms with van der Waals surface area (Å²) in [7, 11) is 0. The van der Waals surface area contributed by atoms with Gasteiger partial charge in [-0.25, -0.2) is 0 Å². The fourth-order valence-electron chi connectivity index (χ4n) is 2.29. The van der Waals surface area contributed by atoms with Gasteiger partial charge in [0, 0.05) is 19.5 Å². The van der Waals surface area contributed by atoms with Crippen molar-refractivity contribution in [3.8, 4) is 11.8 Å². The van der Waals surface area contributed by atoms with Gasteiger partial charge in [-0.3, -0.25) is 4.90 Å². The Morgan fingerprint density at radius 3 is 2.50 bits per heavy atom. The van der Waals surface area contributed by atoms with Crippen LogP contribution in [-0.4, -0.2) is 41.8 Å². The third-order valence-electron chi connectivity index (χ3n) is 3.43. The van der Waals surface area contributed by atoms with Gasteiger partial charge >= 0.3 is 0 Å². The Bertz CT molecular complexity index is 432. The van der Waals surface area contributed by atoms with E-state index in [-0.39, 0.29) is 5.75 Å². The number of benzene rings is 1. The molecule has 1 N–H and O–H groups in total. The first-order valence-corrected chi connectivity index (χ1v) is 6.16. The van der Waals surface area contributed by atoms with Crippen molar-refractivity contribution in [3.63, 3.8) is 0 Å². The van der Waals surface area contributed by atoms with Gasteiger partial charge in [-0.15, -0.1) is 0 Å². The minimum absolute atomic E-state index is 0.254. The molecular formula is C14H18N2O2. The second kappa shape index (κ2) is 5.38. The maximum Gasteiger partial charge on any atom is 0.115 e. The summed E-state index contributed by atoms with van der Waals surface area (Å²) in [6.07, 6.45) is 0.657. The lowest BCUT2D eigenvalue weighted by Crippen LogP contribution is -2.52. The number of aromatic hydroxyl groups is 1.